The first-order chi connectivity index (χ1) is 9.13. The van der Waals surface area contributed by atoms with Gasteiger partial charge in [-0.1, -0.05) is 43.7 Å². The van der Waals surface area contributed by atoms with Crippen LogP contribution in [0.4, 0.5) is 0 Å². The summed E-state index contributed by atoms with van der Waals surface area (Å²) in [6, 6.07) is 4.52. The number of rotatable bonds is 7. The van der Waals surface area contributed by atoms with Gasteiger partial charge in [-0.25, -0.2) is 0 Å². The van der Waals surface area contributed by atoms with Crippen LogP contribution in [0.5, 0.6) is 5.75 Å². The lowest BCUT2D eigenvalue weighted by molar-refractivity contribution is 0.309. The summed E-state index contributed by atoms with van der Waals surface area (Å²) in [6.07, 6.45) is 7.69. The monoisotopic (exact) mass is 260 g/mol. The van der Waals surface area contributed by atoms with Gasteiger partial charge in [-0.05, 0) is 57.1 Å². The minimum atomic E-state index is 0.557. The zero-order valence-corrected chi connectivity index (χ0v) is 13.1. The van der Waals surface area contributed by atoms with Crippen molar-refractivity contribution < 1.29 is 4.74 Å². The number of benzene rings is 1. The molecule has 0 spiro atoms. The molecule has 0 heterocycles. The summed E-state index contributed by atoms with van der Waals surface area (Å²) in [4.78, 5) is 0. The van der Waals surface area contributed by atoms with Crippen molar-refractivity contribution in [1.29, 1.82) is 0 Å². The maximum absolute atomic E-state index is 6.01. The SMILES string of the molecule is C/C=C\CC(CC)c1cc(C)cc(C)c1OCCC. The van der Waals surface area contributed by atoms with Crippen molar-refractivity contribution in [2.75, 3.05) is 6.61 Å². The third kappa shape index (κ3) is 4.41. The lowest BCUT2D eigenvalue weighted by Crippen LogP contribution is -2.05. The Hall–Kier alpha value is -1.24. The first-order valence-corrected chi connectivity index (χ1v) is 7.49. The highest BCUT2D eigenvalue weighted by Crippen LogP contribution is 2.35. The van der Waals surface area contributed by atoms with Gasteiger partial charge in [-0.2, -0.15) is 0 Å². The summed E-state index contributed by atoms with van der Waals surface area (Å²) >= 11 is 0. The Morgan fingerprint density at radius 3 is 2.53 bits per heavy atom. The molecule has 106 valence electrons. The third-order valence-electron chi connectivity index (χ3n) is 3.49. The second kappa shape index (κ2) is 8.04. The summed E-state index contributed by atoms with van der Waals surface area (Å²) in [6.45, 7) is 11.6. The zero-order chi connectivity index (χ0) is 14.3. The molecule has 19 heavy (non-hydrogen) atoms. The molecule has 0 bridgehead atoms. The highest BCUT2D eigenvalue weighted by Gasteiger charge is 2.16. The number of hydrogen-bond acceptors (Lipinski definition) is 1. The van der Waals surface area contributed by atoms with E-state index in [4.69, 9.17) is 4.74 Å². The fraction of sp³-hybridized carbons (Fsp3) is 0.556. The molecule has 1 heteroatoms. The predicted octanol–water partition coefficient (Wildman–Crippen LogP) is 5.55. The summed E-state index contributed by atoms with van der Waals surface area (Å²) in [5.41, 5.74) is 3.98. The second-order valence-corrected chi connectivity index (χ2v) is 5.26. The van der Waals surface area contributed by atoms with Crippen molar-refractivity contribution in [3.63, 3.8) is 0 Å². The Morgan fingerprint density at radius 1 is 1.21 bits per heavy atom. The third-order valence-corrected chi connectivity index (χ3v) is 3.49. The van der Waals surface area contributed by atoms with E-state index >= 15 is 0 Å². The molecule has 0 amide bonds. The molecule has 1 unspecified atom stereocenters. The maximum atomic E-state index is 6.01. The van der Waals surface area contributed by atoms with Gasteiger partial charge in [0.15, 0.2) is 0 Å². The molecule has 1 aromatic carbocycles. The van der Waals surface area contributed by atoms with E-state index in [1.165, 1.54) is 16.7 Å². The van der Waals surface area contributed by atoms with Gasteiger partial charge in [-0.3, -0.25) is 0 Å². The van der Waals surface area contributed by atoms with Crippen LogP contribution in [0.3, 0.4) is 0 Å². The van der Waals surface area contributed by atoms with Gasteiger partial charge >= 0.3 is 0 Å². The van der Waals surface area contributed by atoms with Crippen LogP contribution in [0.1, 0.15) is 62.6 Å². The minimum absolute atomic E-state index is 0.557. The van der Waals surface area contributed by atoms with Crippen LogP contribution in [0.25, 0.3) is 0 Å². The Labute approximate surface area is 118 Å². The van der Waals surface area contributed by atoms with Gasteiger partial charge in [0.2, 0.25) is 0 Å². The predicted molar refractivity (Wildman–Crippen MR) is 84.2 cm³/mol. The first kappa shape index (κ1) is 15.8. The number of hydrogen-bond donors (Lipinski definition) is 0. The molecule has 0 saturated carbocycles. The molecule has 1 aromatic rings. The van der Waals surface area contributed by atoms with Crippen LogP contribution < -0.4 is 4.74 Å². The van der Waals surface area contributed by atoms with Gasteiger partial charge in [0.1, 0.15) is 5.75 Å². The van der Waals surface area contributed by atoms with Crippen molar-refractivity contribution in [2.45, 2.75) is 59.8 Å². The van der Waals surface area contributed by atoms with Crippen LogP contribution in [0.15, 0.2) is 24.3 Å². The van der Waals surface area contributed by atoms with Crippen LogP contribution in [-0.4, -0.2) is 6.61 Å². The number of ether oxygens (including phenoxy) is 1. The largest absolute Gasteiger partial charge is 0.493 e. The van der Waals surface area contributed by atoms with Gasteiger partial charge in [0.25, 0.3) is 0 Å². The molecule has 0 radical (unpaired) electrons. The molecule has 0 aliphatic carbocycles. The van der Waals surface area contributed by atoms with Crippen molar-refractivity contribution in [3.8, 4) is 5.75 Å². The van der Waals surface area contributed by atoms with Gasteiger partial charge in [0.05, 0.1) is 6.61 Å². The van der Waals surface area contributed by atoms with E-state index in [9.17, 15) is 0 Å². The first-order valence-electron chi connectivity index (χ1n) is 7.49. The van der Waals surface area contributed by atoms with Crippen molar-refractivity contribution in [3.05, 3.63) is 41.0 Å². The smallest absolute Gasteiger partial charge is 0.125 e. The molecule has 1 atom stereocenters. The summed E-state index contributed by atoms with van der Waals surface area (Å²) in [5, 5.41) is 0. The minimum Gasteiger partial charge on any atom is -0.493 e. The molecule has 0 aliphatic heterocycles. The van der Waals surface area contributed by atoms with E-state index in [-0.39, 0.29) is 0 Å². The van der Waals surface area contributed by atoms with Crippen LogP contribution >= 0.6 is 0 Å². The maximum Gasteiger partial charge on any atom is 0.125 e. The zero-order valence-electron chi connectivity index (χ0n) is 13.1. The number of aryl methyl sites for hydroxylation is 2. The van der Waals surface area contributed by atoms with E-state index < -0.39 is 0 Å². The van der Waals surface area contributed by atoms with Crippen LogP contribution in [-0.2, 0) is 0 Å². The fourth-order valence-corrected chi connectivity index (χ4v) is 2.51. The van der Waals surface area contributed by atoms with E-state index in [0.717, 1.165) is 31.6 Å². The molecule has 0 saturated heterocycles. The lowest BCUT2D eigenvalue weighted by Gasteiger charge is -2.21. The van der Waals surface area contributed by atoms with Gasteiger partial charge in [-0.15, -0.1) is 0 Å². The van der Waals surface area contributed by atoms with Crippen molar-refractivity contribution in [1.82, 2.24) is 0 Å². The molecule has 0 aliphatic rings. The molecular formula is C18H28O. The number of allylic oxidation sites excluding steroid dienone is 2. The van der Waals surface area contributed by atoms with Gasteiger partial charge in [0, 0.05) is 0 Å². The van der Waals surface area contributed by atoms with Crippen LogP contribution in [0, 0.1) is 13.8 Å². The van der Waals surface area contributed by atoms with E-state index in [2.05, 4.69) is 58.9 Å². The molecule has 0 N–H and O–H groups in total. The topological polar surface area (TPSA) is 9.23 Å². The highest BCUT2D eigenvalue weighted by molar-refractivity contribution is 5.46. The fourth-order valence-electron chi connectivity index (χ4n) is 2.51. The molecule has 0 fully saturated rings. The molecule has 0 aromatic heterocycles. The summed E-state index contributed by atoms with van der Waals surface area (Å²) in [5.74, 6) is 1.67. The standard InChI is InChI=1S/C18H28O/c1-6-9-10-16(8-3)17-13-14(4)12-15(5)18(17)19-11-7-2/h6,9,12-13,16H,7-8,10-11H2,1-5H3/b9-6-. The molecular weight excluding hydrogens is 232 g/mol. The average Bonchev–Trinajstić information content (AvgIpc) is 2.38. The Balaban J connectivity index is 3.13. The van der Waals surface area contributed by atoms with E-state index in [0.29, 0.717) is 5.92 Å². The Morgan fingerprint density at radius 2 is 1.95 bits per heavy atom. The van der Waals surface area contributed by atoms with Crippen molar-refractivity contribution in [2.24, 2.45) is 0 Å². The second-order valence-electron chi connectivity index (χ2n) is 5.26. The normalized spacial score (nSPS) is 12.9. The summed E-state index contributed by atoms with van der Waals surface area (Å²) in [7, 11) is 0. The Bertz CT molecular complexity index is 418. The van der Waals surface area contributed by atoms with E-state index in [1.54, 1.807) is 0 Å². The van der Waals surface area contributed by atoms with E-state index in [1.807, 2.05) is 0 Å². The quantitative estimate of drug-likeness (QED) is 0.584. The Kier molecular flexibility index (Phi) is 6.69. The average molecular weight is 260 g/mol. The van der Waals surface area contributed by atoms with Crippen LogP contribution in [0.2, 0.25) is 0 Å². The molecule has 1 nitrogen and oxygen atoms in total. The molecule has 1 rings (SSSR count). The van der Waals surface area contributed by atoms with Crippen molar-refractivity contribution >= 4 is 0 Å². The van der Waals surface area contributed by atoms with Gasteiger partial charge < -0.3 is 4.74 Å². The lowest BCUT2D eigenvalue weighted by atomic mass is 9.89. The highest BCUT2D eigenvalue weighted by atomic mass is 16.5. The summed E-state index contributed by atoms with van der Waals surface area (Å²) < 4.78 is 6.01.